The highest BCUT2D eigenvalue weighted by atomic mass is 19.4. The van der Waals surface area contributed by atoms with Gasteiger partial charge in [0.15, 0.2) is 5.75 Å². The van der Waals surface area contributed by atoms with Crippen LogP contribution in [0.2, 0.25) is 0 Å². The van der Waals surface area contributed by atoms with Gasteiger partial charge in [-0.05, 0) is 36.4 Å². The van der Waals surface area contributed by atoms with Crippen LogP contribution in [-0.2, 0) is 9.53 Å². The van der Waals surface area contributed by atoms with Crippen molar-refractivity contribution in [1.29, 1.82) is 0 Å². The number of benzene rings is 2. The quantitative estimate of drug-likeness (QED) is 0.351. The van der Waals surface area contributed by atoms with Crippen molar-refractivity contribution >= 4 is 28.9 Å². The molecule has 0 bridgehead atoms. The lowest BCUT2D eigenvalue weighted by Gasteiger charge is -2.29. The van der Waals surface area contributed by atoms with Crippen LogP contribution in [0.3, 0.4) is 0 Å². The lowest BCUT2D eigenvalue weighted by atomic mass is 10.1. The summed E-state index contributed by atoms with van der Waals surface area (Å²) in [5.74, 6) is -1.58. The minimum atomic E-state index is -4.98. The molecular weight excluding hydrogens is 482 g/mol. The monoisotopic (exact) mass is 503 g/mol. The summed E-state index contributed by atoms with van der Waals surface area (Å²) in [7, 11) is 0. The number of alkyl halides is 3. The number of ether oxygens (including phenoxy) is 2. The zero-order valence-corrected chi connectivity index (χ0v) is 18.8. The molecule has 1 aliphatic rings. The fourth-order valence-corrected chi connectivity index (χ4v) is 3.54. The van der Waals surface area contributed by atoms with E-state index in [-0.39, 0.29) is 17.2 Å². The third-order valence-corrected chi connectivity index (χ3v) is 5.12. The first-order chi connectivity index (χ1) is 17.2. The van der Waals surface area contributed by atoms with Crippen LogP contribution in [0.4, 0.5) is 40.6 Å². The molecule has 1 saturated heterocycles. The molecule has 2 heterocycles. The van der Waals surface area contributed by atoms with E-state index in [4.69, 9.17) is 4.74 Å². The first-order valence-corrected chi connectivity index (χ1v) is 10.8. The Labute approximate surface area is 203 Å². The van der Waals surface area contributed by atoms with Gasteiger partial charge in [0, 0.05) is 30.0 Å². The number of hydrogen-bond acceptors (Lipinski definition) is 7. The number of halogens is 4. The van der Waals surface area contributed by atoms with Crippen molar-refractivity contribution in [3.8, 4) is 17.0 Å². The lowest BCUT2D eigenvalue weighted by molar-refractivity contribution is -0.274. The molecule has 0 spiro atoms. The summed E-state index contributed by atoms with van der Waals surface area (Å²) in [6.07, 6.45) is -3.03. The number of nitrogens with zero attached hydrogens (tertiary/aromatic N) is 3. The molecule has 12 heteroatoms. The Morgan fingerprint density at radius 1 is 1.14 bits per heavy atom. The molecule has 1 aliphatic heterocycles. The Morgan fingerprint density at radius 3 is 2.64 bits per heavy atom. The van der Waals surface area contributed by atoms with Crippen molar-refractivity contribution in [3.05, 3.63) is 67.1 Å². The van der Waals surface area contributed by atoms with E-state index in [0.717, 1.165) is 12.3 Å². The molecule has 0 unspecified atom stereocenters. The van der Waals surface area contributed by atoms with Crippen molar-refractivity contribution in [2.45, 2.75) is 6.36 Å². The molecule has 1 fully saturated rings. The summed E-state index contributed by atoms with van der Waals surface area (Å²) < 4.78 is 63.0. The smallest absolute Gasteiger partial charge is 0.402 e. The fraction of sp³-hybridized carbons (Fsp3) is 0.208. The van der Waals surface area contributed by atoms with Gasteiger partial charge >= 0.3 is 6.36 Å². The number of anilines is 4. The van der Waals surface area contributed by atoms with Crippen LogP contribution < -0.4 is 20.3 Å². The molecule has 0 saturated carbocycles. The Hall–Kier alpha value is -4.19. The van der Waals surface area contributed by atoms with Crippen molar-refractivity contribution in [2.24, 2.45) is 0 Å². The maximum Gasteiger partial charge on any atom is 0.573 e. The summed E-state index contributed by atoms with van der Waals surface area (Å²) >= 11 is 0. The SMILES string of the molecule is C=CC(=O)Nc1cccc(-c2nc(Nc3ccc(F)c(N4CCOCC4)c3)ncc2OC(F)(F)F)c1. The fourth-order valence-electron chi connectivity index (χ4n) is 3.54. The molecule has 2 N–H and O–H groups in total. The number of rotatable bonds is 7. The van der Waals surface area contributed by atoms with Gasteiger partial charge in [-0.25, -0.2) is 14.4 Å². The average molecular weight is 503 g/mol. The highest BCUT2D eigenvalue weighted by molar-refractivity contribution is 5.99. The number of carbonyl (C=O) groups is 1. The van der Waals surface area contributed by atoms with Crippen molar-refractivity contribution in [1.82, 2.24) is 9.97 Å². The van der Waals surface area contributed by atoms with Crippen molar-refractivity contribution in [3.63, 3.8) is 0 Å². The van der Waals surface area contributed by atoms with Crippen LogP contribution in [0, 0.1) is 5.82 Å². The van der Waals surface area contributed by atoms with Gasteiger partial charge in [0.2, 0.25) is 11.9 Å². The third kappa shape index (κ3) is 6.27. The predicted molar refractivity (Wildman–Crippen MR) is 126 cm³/mol. The van der Waals surface area contributed by atoms with E-state index in [9.17, 15) is 22.4 Å². The minimum absolute atomic E-state index is 0.0420. The molecule has 0 aliphatic carbocycles. The number of aromatic nitrogens is 2. The Balaban J connectivity index is 1.67. The second-order valence-corrected chi connectivity index (χ2v) is 7.62. The first kappa shape index (κ1) is 24.9. The molecule has 2 aromatic carbocycles. The number of nitrogens with one attached hydrogen (secondary N) is 2. The zero-order valence-electron chi connectivity index (χ0n) is 18.8. The maximum atomic E-state index is 14.4. The van der Waals surface area contributed by atoms with E-state index < -0.39 is 23.8 Å². The molecule has 188 valence electrons. The van der Waals surface area contributed by atoms with Gasteiger partial charge in [-0.3, -0.25) is 4.79 Å². The number of morpholine rings is 1. The van der Waals surface area contributed by atoms with Gasteiger partial charge in [0.25, 0.3) is 0 Å². The van der Waals surface area contributed by atoms with Crippen molar-refractivity contribution in [2.75, 3.05) is 41.8 Å². The second kappa shape index (κ2) is 10.6. The summed E-state index contributed by atoms with van der Waals surface area (Å²) in [5, 5.41) is 5.44. The van der Waals surface area contributed by atoms with E-state index in [1.807, 2.05) is 4.90 Å². The summed E-state index contributed by atoms with van der Waals surface area (Å²) in [6, 6.07) is 10.3. The lowest BCUT2D eigenvalue weighted by Crippen LogP contribution is -2.36. The Bertz CT molecular complexity index is 1260. The molecule has 0 radical (unpaired) electrons. The maximum absolute atomic E-state index is 14.4. The van der Waals surface area contributed by atoms with Gasteiger partial charge in [0.05, 0.1) is 25.1 Å². The molecule has 0 atom stereocenters. The summed E-state index contributed by atoms with van der Waals surface area (Å²) in [5.41, 5.74) is 1.16. The molecule has 4 rings (SSSR count). The van der Waals surface area contributed by atoms with Gasteiger partial charge in [-0.15, -0.1) is 13.2 Å². The minimum Gasteiger partial charge on any atom is -0.402 e. The van der Waals surface area contributed by atoms with E-state index in [0.29, 0.717) is 43.4 Å². The molecule has 1 amide bonds. The highest BCUT2D eigenvalue weighted by Crippen LogP contribution is 2.34. The Kier molecular flexibility index (Phi) is 7.34. The van der Waals surface area contributed by atoms with Crippen LogP contribution in [0.5, 0.6) is 5.75 Å². The molecule has 1 aromatic heterocycles. The largest absolute Gasteiger partial charge is 0.573 e. The first-order valence-electron chi connectivity index (χ1n) is 10.8. The van der Waals surface area contributed by atoms with Gasteiger partial charge in [0.1, 0.15) is 11.5 Å². The van der Waals surface area contributed by atoms with Crippen LogP contribution in [0.15, 0.2) is 61.3 Å². The average Bonchev–Trinajstić information content (AvgIpc) is 2.86. The summed E-state index contributed by atoms with van der Waals surface area (Å²) in [4.78, 5) is 21.6. The molecular formula is C24H21F4N5O3. The Morgan fingerprint density at radius 2 is 1.92 bits per heavy atom. The molecule has 8 nitrogen and oxygen atoms in total. The van der Waals surface area contributed by atoms with Crippen LogP contribution in [0.1, 0.15) is 0 Å². The number of hydrogen-bond donors (Lipinski definition) is 2. The zero-order chi connectivity index (χ0) is 25.7. The second-order valence-electron chi connectivity index (χ2n) is 7.62. The van der Waals surface area contributed by atoms with E-state index in [1.165, 1.54) is 30.3 Å². The van der Waals surface area contributed by atoms with Gasteiger partial charge in [-0.2, -0.15) is 0 Å². The standard InChI is InChI=1S/C24H21F4N5O3/c1-2-21(34)30-16-5-3-4-15(12-16)22-20(36-24(26,27)28)14-29-23(32-22)31-17-6-7-18(25)19(13-17)33-8-10-35-11-9-33/h2-7,12-14H,1,8-11H2,(H,30,34)(H,29,31,32). The topological polar surface area (TPSA) is 88.6 Å². The van der Waals surface area contributed by atoms with Crippen molar-refractivity contribution < 1.29 is 31.8 Å². The van der Waals surface area contributed by atoms with E-state index >= 15 is 0 Å². The molecule has 3 aromatic rings. The predicted octanol–water partition coefficient (Wildman–Crippen LogP) is 4.89. The van der Waals surface area contributed by atoms with Crippen LogP contribution in [-0.4, -0.2) is 48.5 Å². The number of amides is 1. The number of carbonyl (C=O) groups excluding carboxylic acids is 1. The van der Waals surface area contributed by atoms with E-state index in [1.54, 1.807) is 12.1 Å². The van der Waals surface area contributed by atoms with Crippen LogP contribution >= 0.6 is 0 Å². The van der Waals surface area contributed by atoms with Gasteiger partial charge < -0.3 is 25.0 Å². The van der Waals surface area contributed by atoms with Crippen LogP contribution in [0.25, 0.3) is 11.3 Å². The van der Waals surface area contributed by atoms with Gasteiger partial charge in [-0.1, -0.05) is 18.7 Å². The van der Waals surface area contributed by atoms with E-state index in [2.05, 4.69) is 31.9 Å². The normalized spacial score (nSPS) is 13.7. The third-order valence-electron chi connectivity index (χ3n) is 5.12. The highest BCUT2D eigenvalue weighted by Gasteiger charge is 2.33. The molecule has 36 heavy (non-hydrogen) atoms. The summed E-state index contributed by atoms with van der Waals surface area (Å²) in [6.45, 7) is 5.34.